The van der Waals surface area contributed by atoms with Gasteiger partial charge < -0.3 is 15.5 Å². The molecule has 2 N–H and O–H groups in total. The molecule has 0 fully saturated rings. The number of anilines is 2. The molecule has 2 rings (SSSR count). The van der Waals surface area contributed by atoms with Crippen molar-refractivity contribution in [1.82, 2.24) is 9.88 Å². The number of carbonyl (C=O) groups excluding carboxylic acids is 1. The molecular weight excluding hydrogens is 332 g/mol. The van der Waals surface area contributed by atoms with Gasteiger partial charge in [-0.3, -0.25) is 9.78 Å². The number of hydrogen-bond acceptors (Lipinski definition) is 4. The van der Waals surface area contributed by atoms with E-state index in [1.807, 2.05) is 30.0 Å². The number of carbonyl (C=O) groups is 1. The minimum absolute atomic E-state index is 0.0382. The first-order valence-electron chi connectivity index (χ1n) is 6.73. The number of fused-ring (bicyclic) bond motifs is 1. The number of nitrogens with zero attached hydrogens (tertiary/aromatic N) is 3. The van der Waals surface area contributed by atoms with Crippen LogP contribution in [-0.2, 0) is 4.79 Å². The maximum absolute atomic E-state index is 12.0. The van der Waals surface area contributed by atoms with E-state index in [2.05, 4.69) is 20.9 Å². The lowest BCUT2D eigenvalue weighted by molar-refractivity contribution is -0.127. The summed E-state index contributed by atoms with van der Waals surface area (Å²) in [6, 6.07) is 5.86. The van der Waals surface area contributed by atoms with Gasteiger partial charge in [0.05, 0.1) is 29.6 Å². The number of benzene rings is 1. The van der Waals surface area contributed by atoms with E-state index in [-0.39, 0.29) is 5.91 Å². The molecule has 0 radical (unpaired) electrons. The second kappa shape index (κ2) is 6.30. The van der Waals surface area contributed by atoms with Crippen LogP contribution in [0.3, 0.4) is 0 Å². The van der Waals surface area contributed by atoms with Crippen molar-refractivity contribution in [3.63, 3.8) is 0 Å². The van der Waals surface area contributed by atoms with Crippen molar-refractivity contribution >= 4 is 44.1 Å². The average Bonchev–Trinajstić information content (AvgIpc) is 2.44. The first-order chi connectivity index (χ1) is 9.93. The number of nitrogens with two attached hydrogens (primary N) is 1. The molecule has 5 nitrogen and oxygen atoms in total. The molecule has 0 aliphatic carbocycles. The van der Waals surface area contributed by atoms with Crippen LogP contribution in [0.2, 0.25) is 0 Å². The first kappa shape index (κ1) is 15.6. The second-order valence-corrected chi connectivity index (χ2v) is 5.94. The van der Waals surface area contributed by atoms with Crippen molar-refractivity contribution in [3.05, 3.63) is 28.9 Å². The van der Waals surface area contributed by atoms with Gasteiger partial charge in [0.1, 0.15) is 0 Å². The van der Waals surface area contributed by atoms with Crippen molar-refractivity contribution in [2.24, 2.45) is 0 Å². The number of aromatic nitrogens is 1. The highest BCUT2D eigenvalue weighted by molar-refractivity contribution is 9.10. The van der Waals surface area contributed by atoms with Gasteiger partial charge in [0.2, 0.25) is 5.91 Å². The molecule has 1 heterocycles. The van der Waals surface area contributed by atoms with Gasteiger partial charge in [-0.1, -0.05) is 15.9 Å². The van der Waals surface area contributed by atoms with Crippen LogP contribution in [0, 0.1) is 0 Å². The number of halogens is 1. The molecule has 0 aliphatic heterocycles. The first-order valence-corrected chi connectivity index (χ1v) is 7.52. The molecule has 1 aromatic heterocycles. The maximum Gasteiger partial charge on any atom is 0.241 e. The molecule has 6 heteroatoms. The van der Waals surface area contributed by atoms with E-state index in [1.54, 1.807) is 25.2 Å². The minimum atomic E-state index is 0.0382. The van der Waals surface area contributed by atoms with E-state index >= 15 is 0 Å². The van der Waals surface area contributed by atoms with Crippen LogP contribution in [0.1, 0.15) is 6.92 Å². The SMILES string of the molecule is CCN(CC(=O)N(C)C)c1c(N)cnc2ccc(Br)cc12. The number of nitrogen functional groups attached to an aromatic ring is 1. The predicted octanol–water partition coefficient (Wildman–Crippen LogP) is 2.49. The van der Waals surface area contributed by atoms with E-state index in [0.717, 1.165) is 21.1 Å². The topological polar surface area (TPSA) is 62.5 Å². The highest BCUT2D eigenvalue weighted by Crippen LogP contribution is 2.33. The molecule has 0 aliphatic rings. The lowest BCUT2D eigenvalue weighted by Gasteiger charge is -2.26. The molecule has 1 amide bonds. The van der Waals surface area contributed by atoms with Crippen LogP contribution in [0.25, 0.3) is 10.9 Å². The molecule has 112 valence electrons. The summed E-state index contributed by atoms with van der Waals surface area (Å²) in [4.78, 5) is 19.9. The van der Waals surface area contributed by atoms with E-state index in [4.69, 9.17) is 5.73 Å². The number of rotatable bonds is 4. The highest BCUT2D eigenvalue weighted by atomic mass is 79.9. The zero-order valence-electron chi connectivity index (χ0n) is 12.4. The van der Waals surface area contributed by atoms with Gasteiger partial charge >= 0.3 is 0 Å². The summed E-state index contributed by atoms with van der Waals surface area (Å²) in [6.07, 6.45) is 1.65. The average molecular weight is 351 g/mol. The number of pyridine rings is 1. The Labute approximate surface area is 132 Å². The monoisotopic (exact) mass is 350 g/mol. The number of amides is 1. The third-order valence-electron chi connectivity index (χ3n) is 3.35. The summed E-state index contributed by atoms with van der Waals surface area (Å²) >= 11 is 3.47. The Bertz CT molecular complexity index is 667. The molecule has 0 unspecified atom stereocenters. The van der Waals surface area contributed by atoms with Crippen molar-refractivity contribution in [3.8, 4) is 0 Å². The fourth-order valence-electron chi connectivity index (χ4n) is 2.17. The third kappa shape index (κ3) is 3.26. The molecule has 0 spiro atoms. The van der Waals surface area contributed by atoms with Gasteiger partial charge in [-0.25, -0.2) is 0 Å². The van der Waals surface area contributed by atoms with Gasteiger partial charge in [0.15, 0.2) is 0 Å². The summed E-state index contributed by atoms with van der Waals surface area (Å²) in [5.41, 5.74) is 8.42. The van der Waals surface area contributed by atoms with Crippen molar-refractivity contribution in [1.29, 1.82) is 0 Å². The lowest BCUT2D eigenvalue weighted by atomic mass is 10.1. The standard InChI is InChI=1S/C15H19BrN4O/c1-4-20(9-14(21)19(2)3)15-11-7-10(16)5-6-13(11)18-8-12(15)17/h5-8H,4,9,17H2,1-3H3. The normalized spacial score (nSPS) is 10.7. The van der Waals surface area contributed by atoms with E-state index in [0.29, 0.717) is 18.8 Å². The molecule has 21 heavy (non-hydrogen) atoms. The summed E-state index contributed by atoms with van der Waals surface area (Å²) < 4.78 is 0.957. The fraction of sp³-hybridized carbons (Fsp3) is 0.333. The summed E-state index contributed by atoms with van der Waals surface area (Å²) in [6.45, 7) is 2.99. The molecule has 0 saturated carbocycles. The molecule has 0 saturated heterocycles. The van der Waals surface area contributed by atoms with Crippen LogP contribution in [0.4, 0.5) is 11.4 Å². The smallest absolute Gasteiger partial charge is 0.241 e. The Morgan fingerprint density at radius 1 is 1.38 bits per heavy atom. The summed E-state index contributed by atoms with van der Waals surface area (Å²) in [5.74, 6) is 0.0382. The maximum atomic E-state index is 12.0. The Morgan fingerprint density at radius 3 is 2.71 bits per heavy atom. The molecule has 0 atom stereocenters. The highest BCUT2D eigenvalue weighted by Gasteiger charge is 2.17. The predicted molar refractivity (Wildman–Crippen MR) is 90.4 cm³/mol. The summed E-state index contributed by atoms with van der Waals surface area (Å²) in [7, 11) is 3.50. The Morgan fingerprint density at radius 2 is 2.10 bits per heavy atom. The minimum Gasteiger partial charge on any atom is -0.396 e. The van der Waals surface area contributed by atoms with Crippen molar-refractivity contribution < 1.29 is 4.79 Å². The van der Waals surface area contributed by atoms with Crippen LogP contribution in [0.5, 0.6) is 0 Å². The number of likely N-dealkylation sites (N-methyl/N-ethyl adjacent to an activating group) is 2. The van der Waals surface area contributed by atoms with E-state index < -0.39 is 0 Å². The number of hydrogen-bond donors (Lipinski definition) is 1. The molecule has 2 aromatic rings. The van der Waals surface area contributed by atoms with Crippen LogP contribution >= 0.6 is 15.9 Å². The lowest BCUT2D eigenvalue weighted by Crippen LogP contribution is -2.37. The van der Waals surface area contributed by atoms with Crippen LogP contribution < -0.4 is 10.6 Å². The molecule has 0 bridgehead atoms. The van der Waals surface area contributed by atoms with Gasteiger partial charge in [0.25, 0.3) is 0 Å². The van der Waals surface area contributed by atoms with Crippen molar-refractivity contribution in [2.75, 3.05) is 37.8 Å². The largest absolute Gasteiger partial charge is 0.396 e. The van der Waals surface area contributed by atoms with Gasteiger partial charge in [-0.05, 0) is 25.1 Å². The van der Waals surface area contributed by atoms with E-state index in [1.165, 1.54) is 0 Å². The quantitative estimate of drug-likeness (QED) is 0.919. The van der Waals surface area contributed by atoms with Crippen molar-refractivity contribution in [2.45, 2.75) is 6.92 Å². The van der Waals surface area contributed by atoms with Gasteiger partial charge in [0, 0.05) is 30.5 Å². The Kier molecular flexibility index (Phi) is 4.67. The summed E-state index contributed by atoms with van der Waals surface area (Å²) in [5, 5.41) is 0.942. The van der Waals surface area contributed by atoms with E-state index in [9.17, 15) is 4.79 Å². The fourth-order valence-corrected chi connectivity index (χ4v) is 2.53. The third-order valence-corrected chi connectivity index (χ3v) is 3.85. The zero-order chi connectivity index (χ0) is 15.6. The molecular formula is C15H19BrN4O. The van der Waals surface area contributed by atoms with Gasteiger partial charge in [-0.15, -0.1) is 0 Å². The van der Waals surface area contributed by atoms with Crippen LogP contribution in [-0.4, -0.2) is 43.0 Å². The Balaban J connectivity index is 2.54. The molecule has 1 aromatic carbocycles. The van der Waals surface area contributed by atoms with Gasteiger partial charge in [-0.2, -0.15) is 0 Å². The zero-order valence-corrected chi connectivity index (χ0v) is 14.0. The Hall–Kier alpha value is -1.82. The second-order valence-electron chi connectivity index (χ2n) is 5.03. The van der Waals surface area contributed by atoms with Crippen LogP contribution in [0.15, 0.2) is 28.9 Å².